The molecule has 0 spiro atoms. The van der Waals surface area contributed by atoms with Crippen molar-refractivity contribution in [2.75, 3.05) is 11.9 Å². The third-order valence-electron chi connectivity index (χ3n) is 4.11. The summed E-state index contributed by atoms with van der Waals surface area (Å²) in [6, 6.07) is 8.97. The Morgan fingerprint density at radius 3 is 2.77 bits per heavy atom. The first-order chi connectivity index (χ1) is 12.4. The number of sulfonamides is 1. The predicted molar refractivity (Wildman–Crippen MR) is 97.6 cm³/mol. The van der Waals surface area contributed by atoms with Gasteiger partial charge in [-0.15, -0.1) is 11.3 Å². The molecule has 2 heterocycles. The highest BCUT2D eigenvalue weighted by atomic mass is 32.2. The molecule has 1 unspecified atom stereocenters. The van der Waals surface area contributed by atoms with Gasteiger partial charge in [-0.05, 0) is 42.0 Å². The fourth-order valence-corrected chi connectivity index (χ4v) is 5.75. The van der Waals surface area contributed by atoms with E-state index in [2.05, 4.69) is 5.32 Å². The Balaban J connectivity index is 1.76. The Labute approximate surface area is 155 Å². The van der Waals surface area contributed by atoms with Gasteiger partial charge in [-0.3, -0.25) is 9.59 Å². The number of hydrogen-bond donors (Lipinski definition) is 2. The Hall–Kier alpha value is -2.23. The van der Waals surface area contributed by atoms with Crippen LogP contribution in [0.1, 0.15) is 18.4 Å². The monoisotopic (exact) mass is 394 g/mol. The molecule has 1 atom stereocenters. The molecule has 2 N–H and O–H groups in total. The van der Waals surface area contributed by atoms with Gasteiger partial charge in [0.15, 0.2) is 0 Å². The number of amides is 1. The summed E-state index contributed by atoms with van der Waals surface area (Å²) in [5.74, 6) is -1.37. The van der Waals surface area contributed by atoms with Gasteiger partial charge in [-0.1, -0.05) is 18.2 Å². The lowest BCUT2D eigenvalue weighted by atomic mass is 10.1. The average molecular weight is 394 g/mol. The first-order valence-electron chi connectivity index (χ1n) is 8.05. The zero-order chi connectivity index (χ0) is 18.7. The van der Waals surface area contributed by atoms with Crippen LogP contribution in [0.2, 0.25) is 0 Å². The number of hydrogen-bond acceptors (Lipinski definition) is 5. The molecule has 2 aromatic rings. The van der Waals surface area contributed by atoms with Crippen LogP contribution in [0.5, 0.6) is 0 Å². The highest BCUT2D eigenvalue weighted by molar-refractivity contribution is 7.91. The van der Waals surface area contributed by atoms with Crippen molar-refractivity contribution in [2.45, 2.75) is 29.5 Å². The minimum Gasteiger partial charge on any atom is -0.481 e. The van der Waals surface area contributed by atoms with Crippen LogP contribution in [-0.4, -0.2) is 42.3 Å². The molecule has 9 heteroatoms. The minimum atomic E-state index is -3.69. The Kier molecular flexibility index (Phi) is 5.40. The molecule has 0 aliphatic carbocycles. The van der Waals surface area contributed by atoms with E-state index in [0.717, 1.165) is 11.3 Å². The smallest absolute Gasteiger partial charge is 0.307 e. The zero-order valence-electron chi connectivity index (χ0n) is 13.8. The lowest BCUT2D eigenvalue weighted by Crippen LogP contribution is -2.42. The van der Waals surface area contributed by atoms with E-state index in [1.54, 1.807) is 35.7 Å². The van der Waals surface area contributed by atoms with Gasteiger partial charge in [-0.2, -0.15) is 4.31 Å². The molecule has 1 aliphatic rings. The average Bonchev–Trinajstić information content (AvgIpc) is 3.27. The second-order valence-electron chi connectivity index (χ2n) is 5.97. The summed E-state index contributed by atoms with van der Waals surface area (Å²) in [7, 11) is -3.69. The van der Waals surface area contributed by atoms with Gasteiger partial charge in [-0.25, -0.2) is 8.42 Å². The van der Waals surface area contributed by atoms with E-state index in [9.17, 15) is 18.0 Å². The SMILES string of the molecule is O=C(O)Cc1cccc(NC(=O)C2CCCN2S(=O)(=O)c2cccs2)c1. The lowest BCUT2D eigenvalue weighted by molar-refractivity contribution is -0.136. The van der Waals surface area contributed by atoms with Gasteiger partial charge in [0.1, 0.15) is 10.3 Å². The van der Waals surface area contributed by atoms with Crippen molar-refractivity contribution < 1.29 is 23.1 Å². The van der Waals surface area contributed by atoms with Crippen molar-refractivity contribution in [3.63, 3.8) is 0 Å². The molecular formula is C17H18N2O5S2. The van der Waals surface area contributed by atoms with Crippen molar-refractivity contribution in [3.8, 4) is 0 Å². The fourth-order valence-electron chi connectivity index (χ4n) is 2.97. The van der Waals surface area contributed by atoms with Gasteiger partial charge in [0, 0.05) is 12.2 Å². The van der Waals surface area contributed by atoms with E-state index in [0.29, 0.717) is 30.6 Å². The molecule has 1 fully saturated rings. The molecule has 1 aromatic heterocycles. The molecule has 0 saturated carbocycles. The highest BCUT2D eigenvalue weighted by Crippen LogP contribution is 2.29. The number of rotatable bonds is 6. The Bertz CT molecular complexity index is 909. The Morgan fingerprint density at radius 1 is 1.27 bits per heavy atom. The molecule has 1 aliphatic heterocycles. The van der Waals surface area contributed by atoms with Crippen molar-refractivity contribution >= 4 is 38.9 Å². The molecule has 1 aromatic carbocycles. The van der Waals surface area contributed by atoms with Gasteiger partial charge < -0.3 is 10.4 Å². The molecule has 7 nitrogen and oxygen atoms in total. The maximum absolute atomic E-state index is 12.7. The van der Waals surface area contributed by atoms with Gasteiger partial charge in [0.25, 0.3) is 10.0 Å². The van der Waals surface area contributed by atoms with E-state index < -0.39 is 27.9 Å². The molecule has 1 amide bonds. The fraction of sp³-hybridized carbons (Fsp3) is 0.294. The second kappa shape index (κ2) is 7.56. The van der Waals surface area contributed by atoms with E-state index in [1.165, 1.54) is 10.4 Å². The number of benzene rings is 1. The van der Waals surface area contributed by atoms with Crippen LogP contribution in [0.3, 0.4) is 0 Å². The van der Waals surface area contributed by atoms with E-state index in [1.807, 2.05) is 0 Å². The number of carboxylic acids is 1. The summed E-state index contributed by atoms with van der Waals surface area (Å²) in [5, 5.41) is 13.3. The van der Waals surface area contributed by atoms with Crippen LogP contribution in [0.15, 0.2) is 46.0 Å². The highest BCUT2D eigenvalue weighted by Gasteiger charge is 2.39. The number of carbonyl (C=O) groups excluding carboxylic acids is 1. The molecule has 0 radical (unpaired) electrons. The first kappa shape index (κ1) is 18.6. The predicted octanol–water partition coefficient (Wildman–Crippen LogP) is 2.17. The summed E-state index contributed by atoms with van der Waals surface area (Å²) >= 11 is 1.13. The van der Waals surface area contributed by atoms with Crippen molar-refractivity contribution in [3.05, 3.63) is 47.3 Å². The largest absolute Gasteiger partial charge is 0.481 e. The standard InChI is InChI=1S/C17H18N2O5S2/c20-15(21)11-12-4-1-5-13(10-12)18-17(22)14-6-2-8-19(14)26(23,24)16-7-3-9-25-16/h1,3-5,7,9-10,14H,2,6,8,11H2,(H,18,22)(H,20,21). The van der Waals surface area contributed by atoms with E-state index in [-0.39, 0.29) is 10.6 Å². The zero-order valence-corrected chi connectivity index (χ0v) is 15.4. The van der Waals surface area contributed by atoms with Crippen molar-refractivity contribution in [1.82, 2.24) is 4.31 Å². The van der Waals surface area contributed by atoms with E-state index in [4.69, 9.17) is 5.11 Å². The maximum Gasteiger partial charge on any atom is 0.307 e. The van der Waals surface area contributed by atoms with E-state index >= 15 is 0 Å². The second-order valence-corrected chi connectivity index (χ2v) is 9.03. The molecule has 0 bridgehead atoms. The minimum absolute atomic E-state index is 0.147. The number of nitrogens with one attached hydrogen (secondary N) is 1. The summed E-state index contributed by atoms with van der Waals surface area (Å²) in [6.45, 7) is 0.303. The van der Waals surface area contributed by atoms with Gasteiger partial charge in [0.05, 0.1) is 6.42 Å². The third-order valence-corrected chi connectivity index (χ3v) is 7.40. The molecule has 1 saturated heterocycles. The number of carboxylic acid groups (broad SMARTS) is 1. The quantitative estimate of drug-likeness (QED) is 0.781. The number of nitrogens with zero attached hydrogens (tertiary/aromatic N) is 1. The van der Waals surface area contributed by atoms with Crippen LogP contribution in [-0.2, 0) is 26.0 Å². The van der Waals surface area contributed by atoms with Crippen LogP contribution in [0, 0.1) is 0 Å². The summed E-state index contributed by atoms with van der Waals surface area (Å²) in [5.41, 5.74) is 1.01. The molecule has 26 heavy (non-hydrogen) atoms. The molecule has 3 rings (SSSR count). The lowest BCUT2D eigenvalue weighted by Gasteiger charge is -2.22. The number of anilines is 1. The molecule has 138 valence electrons. The summed E-state index contributed by atoms with van der Waals surface area (Å²) < 4.78 is 26.9. The topological polar surface area (TPSA) is 104 Å². The van der Waals surface area contributed by atoms with Gasteiger partial charge >= 0.3 is 5.97 Å². The number of carbonyl (C=O) groups is 2. The van der Waals surface area contributed by atoms with Crippen LogP contribution < -0.4 is 5.32 Å². The Morgan fingerprint density at radius 2 is 2.08 bits per heavy atom. The molecular weight excluding hydrogens is 376 g/mol. The van der Waals surface area contributed by atoms with Crippen molar-refractivity contribution in [2.24, 2.45) is 0 Å². The van der Waals surface area contributed by atoms with Crippen LogP contribution >= 0.6 is 11.3 Å². The summed E-state index contributed by atoms with van der Waals surface area (Å²) in [4.78, 5) is 23.5. The number of thiophene rings is 1. The maximum atomic E-state index is 12.7. The normalized spacial score (nSPS) is 17.9. The van der Waals surface area contributed by atoms with Gasteiger partial charge in [0.2, 0.25) is 5.91 Å². The van der Waals surface area contributed by atoms with Crippen LogP contribution in [0.25, 0.3) is 0 Å². The summed E-state index contributed by atoms with van der Waals surface area (Å²) in [6.07, 6.45) is 0.916. The van der Waals surface area contributed by atoms with Crippen LogP contribution in [0.4, 0.5) is 5.69 Å². The first-order valence-corrected chi connectivity index (χ1v) is 10.4. The third kappa shape index (κ3) is 3.95. The number of aliphatic carboxylic acids is 1. The van der Waals surface area contributed by atoms with Crippen molar-refractivity contribution in [1.29, 1.82) is 0 Å².